The van der Waals surface area contributed by atoms with Crippen LogP contribution in [0, 0.1) is 11.7 Å². The Balaban J connectivity index is 2.07. The van der Waals surface area contributed by atoms with Gasteiger partial charge in [-0.25, -0.2) is 17.5 Å². The molecule has 19 heavy (non-hydrogen) atoms. The van der Waals surface area contributed by atoms with Gasteiger partial charge in [-0.3, -0.25) is 0 Å². The van der Waals surface area contributed by atoms with Crippen molar-refractivity contribution in [3.8, 4) is 0 Å². The predicted octanol–water partition coefficient (Wildman–Crippen LogP) is 1.87. The standard InChI is InChI=1S/C12H16BrFN2O2S/c13-10-3-4-11(14)12(6-10)19(17,18)16-8-9-2-1-5-15-7-9/h3-4,6,9,15-16H,1-2,5,7-8H2. The van der Waals surface area contributed by atoms with Crippen molar-refractivity contribution in [1.82, 2.24) is 10.0 Å². The van der Waals surface area contributed by atoms with E-state index < -0.39 is 15.8 Å². The molecule has 106 valence electrons. The van der Waals surface area contributed by atoms with Crippen LogP contribution in [-0.4, -0.2) is 28.1 Å². The Kier molecular flexibility index (Phi) is 4.94. The van der Waals surface area contributed by atoms with Gasteiger partial charge in [-0.1, -0.05) is 15.9 Å². The minimum atomic E-state index is -3.80. The molecule has 0 amide bonds. The summed E-state index contributed by atoms with van der Waals surface area (Å²) in [5, 5.41) is 3.21. The second-order valence-corrected chi connectivity index (χ2v) is 7.29. The summed E-state index contributed by atoms with van der Waals surface area (Å²) in [4.78, 5) is -0.314. The number of sulfonamides is 1. The molecule has 1 heterocycles. The van der Waals surface area contributed by atoms with Crippen molar-refractivity contribution in [3.63, 3.8) is 0 Å². The van der Waals surface area contributed by atoms with E-state index >= 15 is 0 Å². The van der Waals surface area contributed by atoms with Gasteiger partial charge in [0.1, 0.15) is 10.7 Å². The molecule has 1 aliphatic rings. The van der Waals surface area contributed by atoms with Crippen LogP contribution in [0.3, 0.4) is 0 Å². The number of nitrogens with one attached hydrogen (secondary N) is 2. The Morgan fingerprint density at radius 1 is 1.47 bits per heavy atom. The van der Waals surface area contributed by atoms with Gasteiger partial charge in [0, 0.05) is 11.0 Å². The normalized spacial score (nSPS) is 20.4. The van der Waals surface area contributed by atoms with Crippen LogP contribution in [0.25, 0.3) is 0 Å². The summed E-state index contributed by atoms with van der Waals surface area (Å²) in [7, 11) is -3.80. The third kappa shape index (κ3) is 3.98. The maximum Gasteiger partial charge on any atom is 0.243 e. The summed E-state index contributed by atoms with van der Waals surface area (Å²) in [6, 6.07) is 3.89. The second-order valence-electron chi connectivity index (χ2n) is 4.64. The second kappa shape index (κ2) is 6.30. The summed E-state index contributed by atoms with van der Waals surface area (Å²) in [5.41, 5.74) is 0. The third-order valence-corrected chi connectivity index (χ3v) is 5.08. The molecule has 2 N–H and O–H groups in total. The molecule has 1 unspecified atom stereocenters. The number of hydrogen-bond donors (Lipinski definition) is 2. The van der Waals surface area contributed by atoms with Crippen LogP contribution in [0.4, 0.5) is 4.39 Å². The molecular formula is C12H16BrFN2O2S. The highest BCUT2D eigenvalue weighted by atomic mass is 79.9. The van der Waals surface area contributed by atoms with Crippen LogP contribution in [0.2, 0.25) is 0 Å². The quantitative estimate of drug-likeness (QED) is 0.871. The van der Waals surface area contributed by atoms with E-state index in [2.05, 4.69) is 26.0 Å². The Morgan fingerprint density at radius 2 is 2.26 bits per heavy atom. The van der Waals surface area contributed by atoms with Crippen LogP contribution in [-0.2, 0) is 10.0 Å². The first-order valence-electron chi connectivity index (χ1n) is 6.14. The first-order chi connectivity index (χ1) is 8.99. The maximum atomic E-state index is 13.6. The van der Waals surface area contributed by atoms with Crippen molar-refractivity contribution in [2.45, 2.75) is 17.7 Å². The van der Waals surface area contributed by atoms with Gasteiger partial charge in [0.05, 0.1) is 0 Å². The van der Waals surface area contributed by atoms with Crippen LogP contribution in [0.15, 0.2) is 27.6 Å². The minimum Gasteiger partial charge on any atom is -0.316 e. The molecule has 1 saturated heterocycles. The van der Waals surface area contributed by atoms with E-state index in [1.54, 1.807) is 0 Å². The molecular weight excluding hydrogens is 335 g/mol. The van der Waals surface area contributed by atoms with Gasteiger partial charge in [0.2, 0.25) is 10.0 Å². The lowest BCUT2D eigenvalue weighted by Crippen LogP contribution is -2.38. The topological polar surface area (TPSA) is 58.2 Å². The monoisotopic (exact) mass is 350 g/mol. The Hall–Kier alpha value is -0.500. The largest absolute Gasteiger partial charge is 0.316 e. The van der Waals surface area contributed by atoms with E-state index in [-0.39, 0.29) is 10.8 Å². The van der Waals surface area contributed by atoms with Gasteiger partial charge in [-0.15, -0.1) is 0 Å². The van der Waals surface area contributed by atoms with Crippen molar-refractivity contribution in [2.24, 2.45) is 5.92 Å². The first-order valence-corrected chi connectivity index (χ1v) is 8.42. The molecule has 0 bridgehead atoms. The fourth-order valence-corrected chi connectivity index (χ4v) is 3.82. The van der Waals surface area contributed by atoms with Gasteiger partial charge in [0.25, 0.3) is 0 Å². The molecule has 1 aromatic rings. The number of halogens is 2. The van der Waals surface area contributed by atoms with Crippen molar-refractivity contribution in [3.05, 3.63) is 28.5 Å². The summed E-state index contributed by atoms with van der Waals surface area (Å²) in [6.45, 7) is 2.11. The predicted molar refractivity (Wildman–Crippen MR) is 74.9 cm³/mol. The molecule has 0 saturated carbocycles. The van der Waals surface area contributed by atoms with Crippen LogP contribution >= 0.6 is 15.9 Å². The number of piperidine rings is 1. The fourth-order valence-electron chi connectivity index (χ4n) is 2.09. The first kappa shape index (κ1) is 14.9. The van der Waals surface area contributed by atoms with Crippen LogP contribution in [0.5, 0.6) is 0 Å². The summed E-state index contributed by atoms with van der Waals surface area (Å²) < 4.78 is 40.7. The molecule has 4 nitrogen and oxygen atoms in total. The third-order valence-electron chi connectivity index (χ3n) is 3.14. The highest BCUT2D eigenvalue weighted by Crippen LogP contribution is 2.20. The summed E-state index contributed by atoms with van der Waals surface area (Å²) >= 11 is 3.15. The van der Waals surface area contributed by atoms with E-state index in [0.29, 0.717) is 11.0 Å². The lowest BCUT2D eigenvalue weighted by Gasteiger charge is -2.22. The van der Waals surface area contributed by atoms with E-state index in [1.807, 2.05) is 0 Å². The zero-order valence-corrected chi connectivity index (χ0v) is 12.7. The molecule has 0 aromatic heterocycles. The summed E-state index contributed by atoms with van der Waals surface area (Å²) in [5.74, 6) is -0.476. The zero-order chi connectivity index (χ0) is 13.9. The van der Waals surface area contributed by atoms with E-state index in [1.165, 1.54) is 12.1 Å². The molecule has 7 heteroatoms. The lowest BCUT2D eigenvalue weighted by molar-refractivity contribution is 0.375. The average Bonchev–Trinajstić information content (AvgIpc) is 2.40. The minimum absolute atomic E-state index is 0.263. The van der Waals surface area contributed by atoms with Crippen molar-refractivity contribution >= 4 is 26.0 Å². The van der Waals surface area contributed by atoms with Crippen LogP contribution < -0.4 is 10.0 Å². The van der Waals surface area contributed by atoms with Crippen molar-refractivity contribution < 1.29 is 12.8 Å². The van der Waals surface area contributed by atoms with E-state index in [9.17, 15) is 12.8 Å². The van der Waals surface area contributed by atoms with Gasteiger partial charge < -0.3 is 5.32 Å². The van der Waals surface area contributed by atoms with Crippen molar-refractivity contribution in [2.75, 3.05) is 19.6 Å². The SMILES string of the molecule is O=S(=O)(NCC1CCCNC1)c1cc(Br)ccc1F. The number of rotatable bonds is 4. The van der Waals surface area contributed by atoms with Gasteiger partial charge in [0.15, 0.2) is 0 Å². The van der Waals surface area contributed by atoms with Gasteiger partial charge >= 0.3 is 0 Å². The highest BCUT2D eigenvalue weighted by molar-refractivity contribution is 9.10. The number of hydrogen-bond acceptors (Lipinski definition) is 3. The van der Waals surface area contributed by atoms with E-state index in [4.69, 9.17) is 0 Å². The Morgan fingerprint density at radius 3 is 2.95 bits per heavy atom. The molecule has 2 rings (SSSR count). The highest BCUT2D eigenvalue weighted by Gasteiger charge is 2.21. The molecule has 0 spiro atoms. The van der Waals surface area contributed by atoms with Crippen molar-refractivity contribution in [1.29, 1.82) is 0 Å². The molecule has 0 aliphatic carbocycles. The molecule has 1 aromatic carbocycles. The Bertz CT molecular complexity index is 545. The van der Waals surface area contributed by atoms with E-state index in [0.717, 1.165) is 32.0 Å². The molecule has 0 radical (unpaired) electrons. The van der Waals surface area contributed by atoms with Gasteiger partial charge in [-0.05, 0) is 50.0 Å². The average molecular weight is 351 g/mol. The lowest BCUT2D eigenvalue weighted by atomic mass is 10.0. The summed E-state index contributed by atoms with van der Waals surface area (Å²) in [6.07, 6.45) is 2.02. The molecule has 1 atom stereocenters. The molecule has 1 fully saturated rings. The zero-order valence-electron chi connectivity index (χ0n) is 10.3. The van der Waals surface area contributed by atoms with Gasteiger partial charge in [-0.2, -0.15) is 0 Å². The smallest absolute Gasteiger partial charge is 0.243 e. The maximum absolute atomic E-state index is 13.6. The number of benzene rings is 1. The molecule has 1 aliphatic heterocycles. The fraction of sp³-hybridized carbons (Fsp3) is 0.500. The Labute approximate surface area is 121 Å². The van der Waals surface area contributed by atoms with Crippen LogP contribution in [0.1, 0.15) is 12.8 Å².